The number of aromatic nitrogens is 8. The summed E-state index contributed by atoms with van der Waals surface area (Å²) in [5, 5.41) is 0. The van der Waals surface area contributed by atoms with Gasteiger partial charge in [0.05, 0.1) is 56.6 Å². The predicted molar refractivity (Wildman–Crippen MR) is 200 cm³/mol. The van der Waals surface area contributed by atoms with Gasteiger partial charge in [0.1, 0.15) is 0 Å². The third-order valence-electron chi connectivity index (χ3n) is 9.22. The summed E-state index contributed by atoms with van der Waals surface area (Å²) in [5.41, 5.74) is 13.0. The molecule has 9 rings (SSSR count). The van der Waals surface area contributed by atoms with Crippen molar-refractivity contribution in [3.63, 3.8) is 0 Å². The van der Waals surface area contributed by atoms with E-state index in [1.165, 1.54) is 0 Å². The monoisotopic (exact) mass is 682 g/mol. The molecule has 0 saturated heterocycles. The summed E-state index contributed by atoms with van der Waals surface area (Å²) in [4.78, 5) is 77.0. The number of nitrogens with one attached hydrogen (secondary N) is 6. The van der Waals surface area contributed by atoms with Gasteiger partial charge in [-0.25, -0.2) is 9.97 Å². The number of fused-ring (bicyclic) bond motifs is 8. The maximum atomic E-state index is 11.8. The van der Waals surface area contributed by atoms with Crippen LogP contribution in [0.5, 0.6) is 0 Å². The van der Waals surface area contributed by atoms with Gasteiger partial charge in [-0.05, 0) is 72.8 Å². The zero-order valence-corrected chi connectivity index (χ0v) is 27.1. The van der Waals surface area contributed by atoms with Crippen molar-refractivity contribution >= 4 is 71.5 Å². The lowest BCUT2D eigenvalue weighted by Gasteiger charge is -2.04. The summed E-state index contributed by atoms with van der Waals surface area (Å²) in [7, 11) is 0. The van der Waals surface area contributed by atoms with Crippen LogP contribution in [0, 0.1) is 0 Å². The SMILES string of the molecule is O=Cc1c[nH]c(-c2c3nc(c(-c4c[nH]c(C=O)c4)c4ccc([nH]4)c(-c4cc(C=O)c[nH]4)c4nc(c(-c5c[nH]c(C=O)c5)c5ccc2[nH]5)C=C4)C=C3)c1. The first-order valence-electron chi connectivity index (χ1n) is 16.3. The summed E-state index contributed by atoms with van der Waals surface area (Å²) >= 11 is 0. The van der Waals surface area contributed by atoms with E-state index in [2.05, 4.69) is 29.9 Å². The maximum Gasteiger partial charge on any atom is 0.166 e. The van der Waals surface area contributed by atoms with Crippen LogP contribution in [0.2, 0.25) is 0 Å². The summed E-state index contributed by atoms with van der Waals surface area (Å²) in [6.07, 6.45) is 17.6. The Kier molecular flexibility index (Phi) is 7.07. The van der Waals surface area contributed by atoms with Crippen molar-refractivity contribution < 1.29 is 19.2 Å². The Labute approximate surface area is 293 Å². The number of carbonyl (C=O) groups excluding carboxylic acids is 4. The molecule has 0 radical (unpaired) electrons. The van der Waals surface area contributed by atoms with Gasteiger partial charge in [0.2, 0.25) is 0 Å². The Bertz CT molecular complexity index is 2470. The summed E-state index contributed by atoms with van der Waals surface area (Å²) < 4.78 is 0. The van der Waals surface area contributed by atoms with E-state index < -0.39 is 0 Å². The van der Waals surface area contributed by atoms with Crippen LogP contribution >= 0.6 is 0 Å². The van der Waals surface area contributed by atoms with Crippen molar-refractivity contribution in [1.82, 2.24) is 39.9 Å². The van der Waals surface area contributed by atoms with Gasteiger partial charge >= 0.3 is 0 Å². The molecule has 0 unspecified atom stereocenters. The molecule has 7 aromatic rings. The lowest BCUT2D eigenvalue weighted by molar-refractivity contribution is 0.111. The highest BCUT2D eigenvalue weighted by Crippen LogP contribution is 2.38. The predicted octanol–water partition coefficient (Wildman–Crippen LogP) is 7.89. The van der Waals surface area contributed by atoms with Gasteiger partial charge in [-0.2, -0.15) is 0 Å². The molecule has 9 heterocycles. The molecule has 0 aliphatic carbocycles. The molecule has 6 N–H and O–H groups in total. The number of H-pyrrole nitrogens is 6. The van der Waals surface area contributed by atoms with Gasteiger partial charge in [0.15, 0.2) is 25.1 Å². The van der Waals surface area contributed by atoms with Crippen LogP contribution in [0.4, 0.5) is 0 Å². The fourth-order valence-electron chi connectivity index (χ4n) is 6.88. The van der Waals surface area contributed by atoms with E-state index in [0.29, 0.717) is 56.7 Å². The van der Waals surface area contributed by atoms with Crippen molar-refractivity contribution in [1.29, 1.82) is 0 Å². The minimum atomic E-state index is 0.412. The first kappa shape index (κ1) is 30.5. The fraction of sp³-hybridized carbons (Fsp3) is 0. The minimum Gasteiger partial charge on any atom is -0.360 e. The summed E-state index contributed by atoms with van der Waals surface area (Å²) in [6, 6.07) is 14.8. The van der Waals surface area contributed by atoms with Crippen LogP contribution in [0.1, 0.15) is 64.5 Å². The second-order valence-electron chi connectivity index (χ2n) is 12.4. The molecule has 12 heteroatoms. The fourth-order valence-corrected chi connectivity index (χ4v) is 6.88. The Morgan fingerprint density at radius 1 is 0.423 bits per heavy atom. The quantitative estimate of drug-likeness (QED) is 0.0884. The van der Waals surface area contributed by atoms with Crippen LogP contribution < -0.4 is 0 Å². The molecule has 8 bridgehead atoms. The molecule has 0 amide bonds. The second-order valence-corrected chi connectivity index (χ2v) is 12.4. The first-order valence-corrected chi connectivity index (χ1v) is 16.3. The van der Waals surface area contributed by atoms with Crippen molar-refractivity contribution in [2.24, 2.45) is 0 Å². The number of carbonyl (C=O) groups is 4. The van der Waals surface area contributed by atoms with Gasteiger partial charge in [0, 0.05) is 80.3 Å². The van der Waals surface area contributed by atoms with Crippen molar-refractivity contribution in [3.05, 3.63) is 119 Å². The highest BCUT2D eigenvalue weighted by Gasteiger charge is 2.20. The number of aromatic amines is 6. The van der Waals surface area contributed by atoms with E-state index in [0.717, 1.165) is 80.6 Å². The summed E-state index contributed by atoms with van der Waals surface area (Å²) in [5.74, 6) is 0. The first-order chi connectivity index (χ1) is 25.5. The molecule has 0 fully saturated rings. The topological polar surface area (TPSA) is 189 Å². The van der Waals surface area contributed by atoms with E-state index in [9.17, 15) is 19.2 Å². The van der Waals surface area contributed by atoms with Crippen LogP contribution in [0.15, 0.2) is 73.3 Å². The Morgan fingerprint density at radius 2 is 0.808 bits per heavy atom. The third kappa shape index (κ3) is 5.01. The molecule has 2 aliphatic rings. The van der Waals surface area contributed by atoms with Gasteiger partial charge in [-0.1, -0.05) is 0 Å². The van der Waals surface area contributed by atoms with Crippen molar-refractivity contribution in [3.8, 4) is 44.8 Å². The van der Waals surface area contributed by atoms with E-state index in [4.69, 9.17) is 9.97 Å². The lowest BCUT2D eigenvalue weighted by Crippen LogP contribution is -1.89. The average Bonchev–Trinajstić information content (AvgIpc) is 4.02. The van der Waals surface area contributed by atoms with Gasteiger partial charge in [-0.3, -0.25) is 19.2 Å². The number of hydrogen-bond donors (Lipinski definition) is 6. The van der Waals surface area contributed by atoms with Gasteiger partial charge in [-0.15, -0.1) is 0 Å². The van der Waals surface area contributed by atoms with Crippen LogP contribution in [-0.2, 0) is 0 Å². The zero-order valence-electron chi connectivity index (χ0n) is 27.1. The Hall–Kier alpha value is -7.60. The van der Waals surface area contributed by atoms with Crippen LogP contribution in [0.3, 0.4) is 0 Å². The lowest BCUT2D eigenvalue weighted by atomic mass is 10.1. The van der Waals surface area contributed by atoms with E-state index >= 15 is 0 Å². The molecule has 0 aromatic carbocycles. The normalized spacial score (nSPS) is 12.0. The molecular weight excluding hydrogens is 656 g/mol. The highest BCUT2D eigenvalue weighted by molar-refractivity contribution is 6.00. The number of rotatable bonds is 8. The Balaban J connectivity index is 1.46. The van der Waals surface area contributed by atoms with Crippen molar-refractivity contribution in [2.75, 3.05) is 0 Å². The zero-order chi connectivity index (χ0) is 35.3. The van der Waals surface area contributed by atoms with Crippen LogP contribution in [0.25, 0.3) is 91.1 Å². The van der Waals surface area contributed by atoms with Gasteiger partial charge < -0.3 is 29.9 Å². The number of hydrogen-bond acceptors (Lipinski definition) is 6. The molecule has 0 spiro atoms. The van der Waals surface area contributed by atoms with E-state index in [-0.39, 0.29) is 0 Å². The number of aldehydes is 4. The maximum absolute atomic E-state index is 11.8. The molecule has 7 aromatic heterocycles. The highest BCUT2D eigenvalue weighted by atomic mass is 16.1. The second kappa shape index (κ2) is 12.1. The van der Waals surface area contributed by atoms with E-state index in [1.54, 1.807) is 49.1 Å². The summed E-state index contributed by atoms with van der Waals surface area (Å²) in [6.45, 7) is 0. The standard InChI is InChI=1S/C40H26N8O4/c49-17-21-9-35(43-13-21)39-31-5-1-27(45-31)37(23-11-25(19-51)41-15-23)28-2-6-33(46-28)40(36-10-22(18-50)14-44-36)34-8-4-30(48-34)38(29-3-7-32(39)47-29)24-12-26(20-52)42-16-24/h1-20,41-45,48H. The van der Waals surface area contributed by atoms with Crippen molar-refractivity contribution in [2.45, 2.75) is 0 Å². The largest absolute Gasteiger partial charge is 0.360 e. The number of nitrogens with zero attached hydrogens (tertiary/aromatic N) is 2. The minimum absolute atomic E-state index is 0.412. The molecule has 12 nitrogen and oxygen atoms in total. The molecule has 0 atom stereocenters. The van der Waals surface area contributed by atoms with Gasteiger partial charge in [0.25, 0.3) is 0 Å². The van der Waals surface area contributed by atoms with E-state index in [1.807, 2.05) is 48.6 Å². The Morgan fingerprint density at radius 3 is 1.15 bits per heavy atom. The molecule has 250 valence electrons. The molecule has 0 saturated carbocycles. The van der Waals surface area contributed by atoms with Crippen LogP contribution in [-0.4, -0.2) is 65.0 Å². The smallest absolute Gasteiger partial charge is 0.166 e. The average molecular weight is 683 g/mol. The molecular formula is C40H26N8O4. The molecule has 2 aliphatic heterocycles. The third-order valence-corrected chi connectivity index (χ3v) is 9.22. The molecule has 52 heavy (non-hydrogen) atoms.